The van der Waals surface area contributed by atoms with Crippen molar-refractivity contribution in [3.05, 3.63) is 36.8 Å². The smallest absolute Gasteiger partial charge is 0.00719 e. The Hall–Kier alpha value is -0.430. The molecule has 0 aliphatic carbocycles. The maximum absolute atomic E-state index is 2.29. The van der Waals surface area contributed by atoms with E-state index in [2.05, 4.69) is 43.7 Å². The summed E-state index contributed by atoms with van der Waals surface area (Å²) in [5, 5.41) is 0. The molecular formula is C21H35S. The fourth-order valence-corrected chi connectivity index (χ4v) is 3.68. The molecule has 1 rings (SSSR count). The second kappa shape index (κ2) is 15.5. The highest BCUT2D eigenvalue weighted by atomic mass is 32.2. The molecule has 22 heavy (non-hydrogen) atoms. The van der Waals surface area contributed by atoms with Crippen LogP contribution in [0, 0.1) is 6.42 Å². The van der Waals surface area contributed by atoms with Crippen molar-refractivity contribution in [1.29, 1.82) is 0 Å². The van der Waals surface area contributed by atoms with Crippen LogP contribution in [0.3, 0.4) is 0 Å². The van der Waals surface area contributed by atoms with Gasteiger partial charge < -0.3 is 0 Å². The minimum absolute atomic E-state index is 1.28. The summed E-state index contributed by atoms with van der Waals surface area (Å²) in [6, 6.07) is 10.8. The van der Waals surface area contributed by atoms with E-state index < -0.39 is 0 Å². The molecule has 0 unspecified atom stereocenters. The number of thioether (sulfide) groups is 1. The molecule has 125 valence electrons. The third-order valence-corrected chi connectivity index (χ3v) is 5.25. The van der Waals surface area contributed by atoms with Gasteiger partial charge in [0.2, 0.25) is 0 Å². The highest BCUT2D eigenvalue weighted by Crippen LogP contribution is 2.19. The van der Waals surface area contributed by atoms with Gasteiger partial charge in [-0.25, -0.2) is 0 Å². The van der Waals surface area contributed by atoms with Crippen LogP contribution in [0.15, 0.2) is 35.2 Å². The van der Waals surface area contributed by atoms with Crippen LogP contribution in [-0.4, -0.2) is 5.75 Å². The van der Waals surface area contributed by atoms with Crippen LogP contribution >= 0.6 is 11.8 Å². The minimum atomic E-state index is 1.28. The lowest BCUT2D eigenvalue weighted by Crippen LogP contribution is -1.84. The first kappa shape index (κ1) is 19.6. The monoisotopic (exact) mass is 319 g/mol. The lowest BCUT2D eigenvalue weighted by Gasteiger charge is -2.03. The molecule has 0 heterocycles. The first-order valence-electron chi connectivity index (χ1n) is 9.39. The molecule has 1 aromatic rings. The average Bonchev–Trinajstić information content (AvgIpc) is 2.56. The Balaban J connectivity index is 1.73. The van der Waals surface area contributed by atoms with E-state index in [0.29, 0.717) is 0 Å². The van der Waals surface area contributed by atoms with Crippen molar-refractivity contribution >= 4 is 11.8 Å². The normalized spacial score (nSPS) is 11.0. The Bertz CT molecular complexity index is 320. The third-order valence-electron chi connectivity index (χ3n) is 4.15. The van der Waals surface area contributed by atoms with E-state index in [1.54, 1.807) is 0 Å². The molecule has 0 N–H and O–H groups in total. The Labute approximate surface area is 143 Å². The van der Waals surface area contributed by atoms with Crippen LogP contribution < -0.4 is 0 Å². The lowest BCUT2D eigenvalue weighted by molar-refractivity contribution is 0.549. The molecule has 0 aliphatic rings. The highest BCUT2D eigenvalue weighted by molar-refractivity contribution is 7.99. The molecule has 0 aromatic heterocycles. The summed E-state index contributed by atoms with van der Waals surface area (Å²) < 4.78 is 0. The molecule has 0 atom stereocenters. The molecule has 0 saturated carbocycles. The highest BCUT2D eigenvalue weighted by Gasteiger charge is 1.95. The summed E-state index contributed by atoms with van der Waals surface area (Å²) in [5.41, 5.74) is 0. The Morgan fingerprint density at radius 2 is 1.18 bits per heavy atom. The van der Waals surface area contributed by atoms with Crippen LogP contribution in [0.5, 0.6) is 0 Å². The first-order valence-corrected chi connectivity index (χ1v) is 10.4. The number of rotatable bonds is 15. The molecule has 0 saturated heterocycles. The van der Waals surface area contributed by atoms with Gasteiger partial charge in [-0.1, -0.05) is 95.8 Å². The molecule has 0 nitrogen and oxygen atoms in total. The Morgan fingerprint density at radius 3 is 1.73 bits per heavy atom. The molecule has 0 amide bonds. The summed E-state index contributed by atoms with van der Waals surface area (Å²) in [6.45, 7) is 2.17. The standard InChI is InChI=1S/C21H35S/c1-2-3-4-5-6-7-8-9-10-11-12-13-17-20-22-21-18-15-14-16-19-21/h2,14-16,18-19H,3-13,17,20H2,1H3. The summed E-state index contributed by atoms with van der Waals surface area (Å²) >= 11 is 2.00. The van der Waals surface area contributed by atoms with E-state index in [4.69, 9.17) is 0 Å². The van der Waals surface area contributed by atoms with Gasteiger partial charge in [0.25, 0.3) is 0 Å². The molecule has 0 aliphatic heterocycles. The summed E-state index contributed by atoms with van der Waals surface area (Å²) in [7, 11) is 0. The summed E-state index contributed by atoms with van der Waals surface area (Å²) in [6.07, 6.45) is 19.4. The fourth-order valence-electron chi connectivity index (χ4n) is 2.75. The minimum Gasteiger partial charge on any atom is -0.126 e. The summed E-state index contributed by atoms with van der Waals surface area (Å²) in [4.78, 5) is 1.42. The van der Waals surface area contributed by atoms with E-state index in [0.717, 1.165) is 0 Å². The summed E-state index contributed by atoms with van der Waals surface area (Å²) in [5.74, 6) is 1.28. The molecule has 1 heteroatoms. The van der Waals surface area contributed by atoms with Gasteiger partial charge in [0.15, 0.2) is 0 Å². The van der Waals surface area contributed by atoms with Crippen molar-refractivity contribution in [2.45, 2.75) is 88.9 Å². The average molecular weight is 320 g/mol. The number of hydrogen-bond acceptors (Lipinski definition) is 1. The predicted octanol–water partition coefficient (Wildman–Crippen LogP) is 7.68. The van der Waals surface area contributed by atoms with Gasteiger partial charge >= 0.3 is 0 Å². The van der Waals surface area contributed by atoms with Gasteiger partial charge in [-0.3, -0.25) is 0 Å². The SMILES string of the molecule is C[CH]CCCCCCCCCCCCCSc1ccccc1. The molecule has 1 aromatic carbocycles. The maximum Gasteiger partial charge on any atom is 0.00719 e. The fraction of sp³-hybridized carbons (Fsp3) is 0.667. The largest absolute Gasteiger partial charge is 0.126 e. The maximum atomic E-state index is 2.29. The second-order valence-electron chi connectivity index (χ2n) is 6.25. The Morgan fingerprint density at radius 1 is 0.682 bits per heavy atom. The van der Waals surface area contributed by atoms with Crippen LogP contribution in [-0.2, 0) is 0 Å². The van der Waals surface area contributed by atoms with Crippen LogP contribution in [0.2, 0.25) is 0 Å². The van der Waals surface area contributed by atoms with Crippen LogP contribution in [0.25, 0.3) is 0 Å². The Kier molecular flexibility index (Phi) is 13.8. The topological polar surface area (TPSA) is 0 Å². The van der Waals surface area contributed by atoms with Crippen molar-refractivity contribution in [2.75, 3.05) is 5.75 Å². The van der Waals surface area contributed by atoms with E-state index in [9.17, 15) is 0 Å². The zero-order chi connectivity index (χ0) is 15.7. The second-order valence-corrected chi connectivity index (χ2v) is 7.42. The van der Waals surface area contributed by atoms with Gasteiger partial charge in [-0.2, -0.15) is 0 Å². The molecule has 1 radical (unpaired) electrons. The molecular weight excluding hydrogens is 284 g/mol. The van der Waals surface area contributed by atoms with Crippen molar-refractivity contribution in [2.24, 2.45) is 0 Å². The van der Waals surface area contributed by atoms with Crippen molar-refractivity contribution in [3.8, 4) is 0 Å². The quantitative estimate of drug-likeness (QED) is 0.236. The van der Waals surface area contributed by atoms with Crippen molar-refractivity contribution in [3.63, 3.8) is 0 Å². The zero-order valence-electron chi connectivity index (χ0n) is 14.6. The van der Waals surface area contributed by atoms with Crippen molar-refractivity contribution < 1.29 is 0 Å². The number of benzene rings is 1. The predicted molar refractivity (Wildman–Crippen MR) is 103 cm³/mol. The van der Waals surface area contributed by atoms with Gasteiger partial charge in [0.1, 0.15) is 0 Å². The zero-order valence-corrected chi connectivity index (χ0v) is 15.4. The number of unbranched alkanes of at least 4 members (excludes halogenated alkanes) is 12. The lowest BCUT2D eigenvalue weighted by atomic mass is 10.1. The van der Waals surface area contributed by atoms with E-state index in [1.807, 2.05) is 11.8 Å². The van der Waals surface area contributed by atoms with E-state index in [-0.39, 0.29) is 0 Å². The molecule has 0 spiro atoms. The molecule has 0 fully saturated rings. The van der Waals surface area contributed by atoms with Gasteiger partial charge in [0.05, 0.1) is 0 Å². The van der Waals surface area contributed by atoms with Gasteiger partial charge in [-0.15, -0.1) is 11.8 Å². The van der Waals surface area contributed by atoms with Gasteiger partial charge in [0, 0.05) is 4.90 Å². The third kappa shape index (κ3) is 12.1. The van der Waals surface area contributed by atoms with Crippen molar-refractivity contribution in [1.82, 2.24) is 0 Å². The van der Waals surface area contributed by atoms with Gasteiger partial charge in [-0.05, 0) is 30.7 Å². The van der Waals surface area contributed by atoms with E-state index >= 15 is 0 Å². The van der Waals surface area contributed by atoms with Crippen LogP contribution in [0.1, 0.15) is 84.0 Å². The van der Waals surface area contributed by atoms with Crippen LogP contribution in [0.4, 0.5) is 0 Å². The molecule has 0 bridgehead atoms. The first-order chi connectivity index (χ1) is 10.9. The van der Waals surface area contributed by atoms with E-state index in [1.165, 1.54) is 87.7 Å². The number of hydrogen-bond donors (Lipinski definition) is 0.